The van der Waals surface area contributed by atoms with Crippen LogP contribution in [0.4, 0.5) is 5.69 Å². The van der Waals surface area contributed by atoms with Crippen LogP contribution in [0.5, 0.6) is 0 Å². The van der Waals surface area contributed by atoms with Gasteiger partial charge in [-0.05, 0) is 38.4 Å². The molecule has 0 aromatic heterocycles. The molecule has 1 aromatic rings. The molecular formula is C23H28N2O5. The van der Waals surface area contributed by atoms with Gasteiger partial charge in [-0.3, -0.25) is 9.69 Å². The van der Waals surface area contributed by atoms with Crippen LogP contribution in [0.25, 0.3) is 0 Å². The maximum absolute atomic E-state index is 13.7. The number of para-hydroxylation sites is 1. The number of ether oxygens (including phenoxy) is 2. The van der Waals surface area contributed by atoms with E-state index in [0.29, 0.717) is 18.4 Å². The molecule has 7 heteroatoms. The van der Waals surface area contributed by atoms with Gasteiger partial charge >= 0.3 is 11.9 Å². The van der Waals surface area contributed by atoms with Gasteiger partial charge in [0.1, 0.15) is 17.2 Å². The minimum atomic E-state index is -1.27. The molecule has 4 heterocycles. The Morgan fingerprint density at radius 3 is 2.77 bits per heavy atom. The van der Waals surface area contributed by atoms with Gasteiger partial charge in [-0.1, -0.05) is 24.3 Å². The average Bonchev–Trinajstić information content (AvgIpc) is 3.21. The van der Waals surface area contributed by atoms with Crippen molar-refractivity contribution in [3.8, 4) is 0 Å². The molecule has 1 aromatic carbocycles. The predicted octanol–water partition coefficient (Wildman–Crippen LogP) is 1.45. The lowest BCUT2D eigenvalue weighted by Gasteiger charge is -2.67. The van der Waals surface area contributed by atoms with Gasteiger partial charge in [0, 0.05) is 30.8 Å². The average molecular weight is 412 g/mol. The molecule has 0 spiro atoms. The van der Waals surface area contributed by atoms with Crippen LogP contribution in [0.2, 0.25) is 0 Å². The molecular weight excluding hydrogens is 384 g/mol. The molecule has 2 bridgehead atoms. The molecule has 5 atom stereocenters. The SMILES string of the molecule is CC=C(C(=O)OC)[C@@H]1C[C@H]2OC(=O)[C@]1(CO)[C@@]13CCN(C)[C@@]21N(C)c1ccccc13. The van der Waals surface area contributed by atoms with Gasteiger partial charge in [-0.2, -0.15) is 0 Å². The van der Waals surface area contributed by atoms with Gasteiger partial charge in [-0.15, -0.1) is 0 Å². The Morgan fingerprint density at radius 2 is 2.10 bits per heavy atom. The van der Waals surface area contributed by atoms with Gasteiger partial charge in [-0.25, -0.2) is 4.79 Å². The quantitative estimate of drug-likeness (QED) is 0.595. The summed E-state index contributed by atoms with van der Waals surface area (Å²) in [4.78, 5) is 30.9. The number of aliphatic hydroxyl groups excluding tert-OH is 1. The zero-order valence-electron chi connectivity index (χ0n) is 17.8. The first-order valence-corrected chi connectivity index (χ1v) is 10.5. The minimum absolute atomic E-state index is 0.394. The van der Waals surface area contributed by atoms with Gasteiger partial charge in [0.15, 0.2) is 0 Å². The van der Waals surface area contributed by atoms with E-state index in [9.17, 15) is 14.7 Å². The van der Waals surface area contributed by atoms with Crippen molar-refractivity contribution in [2.24, 2.45) is 11.3 Å². The van der Waals surface area contributed by atoms with Crippen molar-refractivity contribution in [3.05, 3.63) is 41.5 Å². The number of likely N-dealkylation sites (tertiary alicyclic amines) is 1. The second-order valence-corrected chi connectivity index (χ2v) is 8.93. The number of nitrogens with zero attached hydrogens (tertiary/aromatic N) is 2. The van der Waals surface area contributed by atoms with Crippen molar-refractivity contribution in [2.75, 3.05) is 39.3 Å². The van der Waals surface area contributed by atoms with Crippen LogP contribution in [0, 0.1) is 11.3 Å². The molecule has 0 amide bonds. The van der Waals surface area contributed by atoms with E-state index in [0.717, 1.165) is 17.8 Å². The highest BCUT2D eigenvalue weighted by molar-refractivity contribution is 5.94. The van der Waals surface area contributed by atoms with Crippen LogP contribution in [0.3, 0.4) is 0 Å². The highest BCUT2D eigenvalue weighted by atomic mass is 16.6. The predicted molar refractivity (Wildman–Crippen MR) is 110 cm³/mol. The Labute approximate surface area is 176 Å². The van der Waals surface area contributed by atoms with Crippen LogP contribution < -0.4 is 4.90 Å². The fraction of sp³-hybridized carbons (Fsp3) is 0.565. The zero-order chi connectivity index (χ0) is 21.5. The summed E-state index contributed by atoms with van der Waals surface area (Å²) in [5, 5.41) is 11.0. The number of aliphatic hydroxyl groups is 1. The molecule has 5 aliphatic rings. The van der Waals surface area contributed by atoms with Crippen LogP contribution in [0.1, 0.15) is 25.3 Å². The molecule has 30 heavy (non-hydrogen) atoms. The zero-order valence-corrected chi connectivity index (χ0v) is 17.8. The first-order chi connectivity index (χ1) is 14.4. The number of benzene rings is 1. The van der Waals surface area contributed by atoms with Crippen LogP contribution >= 0.6 is 0 Å². The summed E-state index contributed by atoms with van der Waals surface area (Å²) < 4.78 is 11.1. The van der Waals surface area contributed by atoms with Crippen molar-refractivity contribution in [1.82, 2.24) is 4.90 Å². The topological polar surface area (TPSA) is 79.3 Å². The lowest BCUT2D eigenvalue weighted by Crippen LogP contribution is -2.83. The number of methoxy groups -OCH3 is 1. The van der Waals surface area contributed by atoms with E-state index in [1.165, 1.54) is 7.11 Å². The number of rotatable bonds is 3. The Morgan fingerprint density at radius 1 is 1.37 bits per heavy atom. The Balaban J connectivity index is 1.86. The number of carbonyl (C=O) groups is 2. The Bertz CT molecular complexity index is 976. The number of esters is 2. The largest absolute Gasteiger partial charge is 0.466 e. The third-order valence-electron chi connectivity index (χ3n) is 8.49. The number of anilines is 1. The van der Waals surface area contributed by atoms with Crippen LogP contribution in [-0.2, 0) is 24.5 Å². The normalized spacial score (nSPS) is 39.4. The highest BCUT2D eigenvalue weighted by Gasteiger charge is 2.86. The van der Waals surface area contributed by atoms with Gasteiger partial charge < -0.3 is 19.5 Å². The minimum Gasteiger partial charge on any atom is -0.466 e. The highest BCUT2D eigenvalue weighted by Crippen LogP contribution is 2.74. The Hall–Kier alpha value is -2.38. The standard InChI is InChI=1S/C23H28N2O5/c1-5-14(19(27)29-4)16-12-18-23-22(10-11-24(23)2,21(16,13-26)20(28)30-18)15-8-6-7-9-17(15)25(23)3/h5-9,16,18,26H,10-13H2,1-4H3/t16-,18+,21+,22-,23+/m0/s1. The molecule has 6 rings (SSSR count). The van der Waals surface area contributed by atoms with E-state index in [4.69, 9.17) is 9.47 Å². The van der Waals surface area contributed by atoms with Crippen molar-refractivity contribution in [2.45, 2.75) is 36.9 Å². The molecule has 3 saturated heterocycles. The number of likely N-dealkylation sites (N-methyl/N-ethyl adjacent to an activating group) is 2. The monoisotopic (exact) mass is 412 g/mol. The third-order valence-corrected chi connectivity index (χ3v) is 8.49. The molecule has 7 nitrogen and oxygen atoms in total. The number of hydrogen-bond acceptors (Lipinski definition) is 7. The maximum atomic E-state index is 13.7. The smallest absolute Gasteiger partial charge is 0.333 e. The summed E-state index contributed by atoms with van der Waals surface area (Å²) in [6, 6.07) is 8.12. The molecule has 4 aliphatic heterocycles. The maximum Gasteiger partial charge on any atom is 0.333 e. The molecule has 0 radical (unpaired) electrons. The molecule has 160 valence electrons. The van der Waals surface area contributed by atoms with Crippen molar-refractivity contribution in [1.29, 1.82) is 0 Å². The number of allylic oxidation sites excluding steroid dienone is 1. The van der Waals surface area contributed by atoms with E-state index in [-0.39, 0.29) is 0 Å². The fourth-order valence-corrected chi connectivity index (χ4v) is 7.57. The number of carbonyl (C=O) groups excluding carboxylic acids is 2. The van der Waals surface area contributed by atoms with Crippen LogP contribution in [-0.4, -0.2) is 68.1 Å². The van der Waals surface area contributed by atoms with Gasteiger partial charge in [0.25, 0.3) is 0 Å². The van der Waals surface area contributed by atoms with Crippen molar-refractivity contribution in [3.63, 3.8) is 0 Å². The van der Waals surface area contributed by atoms with E-state index < -0.39 is 47.1 Å². The van der Waals surface area contributed by atoms with Crippen LogP contribution in [0.15, 0.2) is 35.9 Å². The second kappa shape index (κ2) is 6.08. The van der Waals surface area contributed by atoms with Gasteiger partial charge in [0.2, 0.25) is 0 Å². The van der Waals surface area contributed by atoms with E-state index in [2.05, 4.69) is 29.0 Å². The summed E-state index contributed by atoms with van der Waals surface area (Å²) in [6.45, 7) is 2.16. The molecule has 4 fully saturated rings. The molecule has 0 unspecified atom stereocenters. The summed E-state index contributed by atoms with van der Waals surface area (Å²) >= 11 is 0. The first-order valence-electron chi connectivity index (χ1n) is 10.5. The van der Waals surface area contributed by atoms with E-state index in [1.54, 1.807) is 13.0 Å². The van der Waals surface area contributed by atoms with Crippen molar-refractivity contribution >= 4 is 17.6 Å². The number of fused-ring (bicyclic) bond motifs is 3. The molecule has 1 N–H and O–H groups in total. The van der Waals surface area contributed by atoms with Gasteiger partial charge in [0.05, 0.1) is 19.1 Å². The Kier molecular flexibility index (Phi) is 3.97. The summed E-state index contributed by atoms with van der Waals surface area (Å²) in [5.74, 6) is -1.35. The van der Waals surface area contributed by atoms with E-state index >= 15 is 0 Å². The summed E-state index contributed by atoms with van der Waals surface area (Å²) in [7, 11) is 5.46. The first kappa shape index (κ1) is 19.6. The molecule has 1 aliphatic carbocycles. The summed E-state index contributed by atoms with van der Waals surface area (Å²) in [6.07, 6.45) is 2.45. The van der Waals surface area contributed by atoms with Crippen molar-refractivity contribution < 1.29 is 24.2 Å². The second-order valence-electron chi connectivity index (χ2n) is 8.93. The lowest BCUT2D eigenvalue weighted by atomic mass is 9.43. The van der Waals surface area contributed by atoms with E-state index in [1.807, 2.05) is 19.2 Å². The lowest BCUT2D eigenvalue weighted by molar-refractivity contribution is -0.241. The summed E-state index contributed by atoms with van der Waals surface area (Å²) in [5.41, 5.74) is -0.0244. The number of hydrogen-bond donors (Lipinski definition) is 1. The molecule has 1 saturated carbocycles. The third kappa shape index (κ3) is 1.70. The fourth-order valence-electron chi connectivity index (χ4n) is 7.57.